The maximum Gasteiger partial charge on any atom is 0.416 e. The number of rotatable bonds is 3. The molecule has 0 amide bonds. The molecule has 0 unspecified atom stereocenters. The summed E-state index contributed by atoms with van der Waals surface area (Å²) in [6.07, 6.45) is -3.41. The summed E-state index contributed by atoms with van der Waals surface area (Å²) in [5, 5.41) is 2.85. The number of hydrogen-bond acceptors (Lipinski definition) is 3. The average Bonchev–Trinajstić information content (AvgIpc) is 2.46. The smallest absolute Gasteiger partial charge is 0.317 e. The largest absolute Gasteiger partial charge is 0.416 e. The minimum Gasteiger partial charge on any atom is -0.317 e. The number of alkyl halides is 3. The van der Waals surface area contributed by atoms with Crippen molar-refractivity contribution < 1.29 is 21.6 Å². The van der Waals surface area contributed by atoms with Crippen LogP contribution in [-0.2, 0) is 16.2 Å². The zero-order valence-corrected chi connectivity index (χ0v) is 14.6. The molecule has 0 spiro atoms. The molecular weight excluding hydrogens is 376 g/mol. The van der Waals surface area contributed by atoms with E-state index in [1.165, 1.54) is 4.31 Å². The number of piperidine rings is 1. The van der Waals surface area contributed by atoms with E-state index in [1.807, 2.05) is 0 Å². The van der Waals surface area contributed by atoms with E-state index >= 15 is 0 Å². The van der Waals surface area contributed by atoms with Gasteiger partial charge in [0.25, 0.3) is 0 Å². The topological polar surface area (TPSA) is 49.4 Å². The highest BCUT2D eigenvalue weighted by Gasteiger charge is 2.35. The van der Waals surface area contributed by atoms with Crippen LogP contribution >= 0.6 is 24.0 Å². The summed E-state index contributed by atoms with van der Waals surface area (Å²) in [7, 11) is -2.24. The van der Waals surface area contributed by atoms with Crippen LogP contribution in [0.5, 0.6) is 0 Å². The first kappa shape index (κ1) is 20.5. The molecule has 10 heteroatoms. The molecule has 2 rings (SSSR count). The summed E-state index contributed by atoms with van der Waals surface area (Å²) < 4.78 is 64.6. The number of halogens is 5. The highest BCUT2D eigenvalue weighted by atomic mass is 35.5. The van der Waals surface area contributed by atoms with Gasteiger partial charge in [0.2, 0.25) is 10.0 Å². The molecule has 1 fully saturated rings. The Morgan fingerprint density at radius 1 is 1.26 bits per heavy atom. The predicted molar refractivity (Wildman–Crippen MR) is 84.5 cm³/mol. The maximum absolute atomic E-state index is 12.8. The molecule has 0 atom stereocenters. The minimum absolute atomic E-state index is 0. The fourth-order valence-corrected chi connectivity index (χ4v) is 4.37. The molecule has 1 N–H and O–H groups in total. The summed E-state index contributed by atoms with van der Waals surface area (Å²) in [6.45, 7) is 0.501. The van der Waals surface area contributed by atoms with E-state index in [-0.39, 0.29) is 36.6 Å². The normalized spacial score (nSPS) is 17.8. The Morgan fingerprint density at radius 3 is 2.30 bits per heavy atom. The van der Waals surface area contributed by atoms with Crippen LogP contribution in [0.3, 0.4) is 0 Å². The van der Waals surface area contributed by atoms with Crippen molar-refractivity contribution in [1.29, 1.82) is 0 Å². The Bertz CT molecular complexity index is 645. The Balaban J connectivity index is 0.00000264. The van der Waals surface area contributed by atoms with Gasteiger partial charge < -0.3 is 5.32 Å². The van der Waals surface area contributed by atoms with E-state index in [4.69, 9.17) is 11.6 Å². The second kappa shape index (κ2) is 7.57. The Labute approximate surface area is 144 Å². The summed E-state index contributed by atoms with van der Waals surface area (Å²) in [5.74, 6) is 0. The zero-order valence-electron chi connectivity index (χ0n) is 12.2. The monoisotopic (exact) mass is 392 g/mol. The summed E-state index contributed by atoms with van der Waals surface area (Å²) in [6, 6.07) is 2.55. The van der Waals surface area contributed by atoms with Gasteiger partial charge >= 0.3 is 6.18 Å². The van der Waals surface area contributed by atoms with Gasteiger partial charge in [-0.25, -0.2) is 8.42 Å². The van der Waals surface area contributed by atoms with Gasteiger partial charge in [0, 0.05) is 19.1 Å². The van der Waals surface area contributed by atoms with Gasteiger partial charge in [-0.2, -0.15) is 17.5 Å². The molecule has 132 valence electrons. The van der Waals surface area contributed by atoms with Crippen LogP contribution < -0.4 is 5.32 Å². The predicted octanol–water partition coefficient (Wildman–Crippen LogP) is 3.15. The van der Waals surface area contributed by atoms with Crippen molar-refractivity contribution >= 4 is 34.0 Å². The van der Waals surface area contributed by atoms with Gasteiger partial charge in [0.1, 0.15) is 4.90 Å². The van der Waals surface area contributed by atoms with Gasteiger partial charge in [-0.1, -0.05) is 11.6 Å². The minimum atomic E-state index is -4.62. The third-order valence-corrected chi connectivity index (χ3v) is 6.12. The lowest BCUT2D eigenvalue weighted by Crippen LogP contribution is -2.43. The summed E-state index contributed by atoms with van der Waals surface area (Å²) in [5.41, 5.74) is -1.03. The first-order valence-corrected chi connectivity index (χ1v) is 8.52. The number of hydrogen-bond donors (Lipinski definition) is 1. The van der Waals surface area contributed by atoms with Gasteiger partial charge in [-0.3, -0.25) is 0 Å². The quantitative estimate of drug-likeness (QED) is 0.859. The second-order valence-electron chi connectivity index (χ2n) is 5.11. The van der Waals surface area contributed by atoms with Crippen LogP contribution in [0, 0.1) is 0 Å². The molecule has 0 aliphatic carbocycles. The molecule has 0 bridgehead atoms. The van der Waals surface area contributed by atoms with Gasteiger partial charge in [0.05, 0.1) is 10.6 Å². The fraction of sp³-hybridized carbons (Fsp3) is 0.538. The number of nitrogens with one attached hydrogen (secondary N) is 1. The van der Waals surface area contributed by atoms with Crippen LogP contribution in [0.1, 0.15) is 18.4 Å². The number of nitrogens with zero attached hydrogens (tertiary/aromatic N) is 1. The lowest BCUT2D eigenvalue weighted by atomic mass is 10.1. The van der Waals surface area contributed by atoms with Crippen LogP contribution in [-0.4, -0.2) is 38.9 Å². The molecule has 1 heterocycles. The molecule has 1 saturated heterocycles. The molecule has 1 aliphatic heterocycles. The summed E-state index contributed by atoms with van der Waals surface area (Å²) >= 11 is 5.82. The van der Waals surface area contributed by atoms with Crippen LogP contribution in [0.15, 0.2) is 23.1 Å². The third-order valence-electron chi connectivity index (χ3n) is 3.74. The van der Waals surface area contributed by atoms with Crippen molar-refractivity contribution in [3.63, 3.8) is 0 Å². The first-order chi connectivity index (χ1) is 10.2. The van der Waals surface area contributed by atoms with E-state index in [9.17, 15) is 21.6 Å². The van der Waals surface area contributed by atoms with Gasteiger partial charge in [-0.05, 0) is 38.1 Å². The lowest BCUT2D eigenvalue weighted by molar-refractivity contribution is -0.137. The molecule has 0 aromatic heterocycles. The standard InChI is InChI=1S/C13H16ClF3N2O2S.ClH/c1-18-10-4-6-19(7-5-10)22(20,21)12-8-9(13(15,16)17)2-3-11(12)14;/h2-3,8,10,18H,4-7H2,1H3;1H. The van der Waals surface area contributed by atoms with Crippen LogP contribution in [0.4, 0.5) is 13.2 Å². The molecule has 1 aromatic rings. The van der Waals surface area contributed by atoms with E-state index in [0.29, 0.717) is 18.9 Å². The molecule has 0 saturated carbocycles. The van der Waals surface area contributed by atoms with Crippen LogP contribution in [0.2, 0.25) is 5.02 Å². The van der Waals surface area contributed by atoms with E-state index < -0.39 is 26.7 Å². The second-order valence-corrected chi connectivity index (χ2v) is 7.42. The highest BCUT2D eigenvalue weighted by Crippen LogP contribution is 2.34. The Morgan fingerprint density at radius 2 is 1.83 bits per heavy atom. The van der Waals surface area contributed by atoms with Crippen molar-refractivity contribution in [2.24, 2.45) is 0 Å². The third kappa shape index (κ3) is 4.51. The van der Waals surface area contributed by atoms with Crippen molar-refractivity contribution in [3.05, 3.63) is 28.8 Å². The van der Waals surface area contributed by atoms with Crippen molar-refractivity contribution in [1.82, 2.24) is 9.62 Å². The zero-order chi connectivity index (χ0) is 16.5. The van der Waals surface area contributed by atoms with Gasteiger partial charge in [0.15, 0.2) is 0 Å². The van der Waals surface area contributed by atoms with E-state index in [0.717, 1.165) is 12.1 Å². The van der Waals surface area contributed by atoms with Crippen molar-refractivity contribution in [2.75, 3.05) is 20.1 Å². The van der Waals surface area contributed by atoms with Crippen molar-refractivity contribution in [2.45, 2.75) is 30.0 Å². The fourth-order valence-electron chi connectivity index (χ4n) is 2.40. The number of sulfonamides is 1. The molecule has 4 nitrogen and oxygen atoms in total. The summed E-state index contributed by atoms with van der Waals surface area (Å²) in [4.78, 5) is -0.494. The maximum atomic E-state index is 12.8. The lowest BCUT2D eigenvalue weighted by Gasteiger charge is -2.31. The highest BCUT2D eigenvalue weighted by molar-refractivity contribution is 7.89. The van der Waals surface area contributed by atoms with Crippen LogP contribution in [0.25, 0.3) is 0 Å². The Kier molecular flexibility index (Phi) is 6.74. The molecule has 1 aromatic carbocycles. The van der Waals surface area contributed by atoms with E-state index in [2.05, 4.69) is 5.32 Å². The van der Waals surface area contributed by atoms with Gasteiger partial charge in [-0.15, -0.1) is 12.4 Å². The van der Waals surface area contributed by atoms with E-state index in [1.54, 1.807) is 7.05 Å². The molecule has 0 radical (unpaired) electrons. The van der Waals surface area contributed by atoms with Crippen molar-refractivity contribution in [3.8, 4) is 0 Å². The first-order valence-electron chi connectivity index (χ1n) is 6.70. The average molecular weight is 393 g/mol. The molecule has 1 aliphatic rings. The SMILES string of the molecule is CNC1CCN(S(=O)(=O)c2cc(C(F)(F)F)ccc2Cl)CC1.Cl. The molecular formula is C13H17Cl2F3N2O2S. The molecule has 23 heavy (non-hydrogen) atoms. The Hall–Kier alpha value is -0.540. The number of benzene rings is 1.